The summed E-state index contributed by atoms with van der Waals surface area (Å²) in [6.07, 6.45) is 1.95. The van der Waals surface area contributed by atoms with Crippen LogP contribution in [0.2, 0.25) is 0 Å². The molecule has 1 N–H and O–H groups in total. The molecule has 2 aromatic rings. The SMILES string of the molecule is Cc1ccsc1C(=O)NC(C)CCc1ccccc1. The lowest BCUT2D eigenvalue weighted by Crippen LogP contribution is -2.32. The zero-order chi connectivity index (χ0) is 13.7. The second kappa shape index (κ2) is 6.53. The fourth-order valence-electron chi connectivity index (χ4n) is 1.99. The van der Waals surface area contributed by atoms with Gasteiger partial charge in [0, 0.05) is 6.04 Å². The number of hydrogen-bond donors (Lipinski definition) is 1. The van der Waals surface area contributed by atoms with Gasteiger partial charge in [0.1, 0.15) is 0 Å². The van der Waals surface area contributed by atoms with Gasteiger partial charge >= 0.3 is 0 Å². The van der Waals surface area contributed by atoms with E-state index in [1.54, 1.807) is 0 Å². The molecule has 1 heterocycles. The van der Waals surface area contributed by atoms with Crippen molar-refractivity contribution in [3.63, 3.8) is 0 Å². The number of carbonyl (C=O) groups excluding carboxylic acids is 1. The van der Waals surface area contributed by atoms with E-state index in [0.717, 1.165) is 23.3 Å². The first-order valence-corrected chi connectivity index (χ1v) is 7.43. The van der Waals surface area contributed by atoms with Gasteiger partial charge in [0.25, 0.3) is 5.91 Å². The maximum absolute atomic E-state index is 12.0. The molecule has 0 spiro atoms. The number of thiophene rings is 1. The van der Waals surface area contributed by atoms with Crippen LogP contribution in [0.3, 0.4) is 0 Å². The molecule has 100 valence electrons. The standard InChI is InChI=1S/C16H19NOS/c1-12-10-11-19-15(12)16(18)17-13(2)8-9-14-6-4-3-5-7-14/h3-7,10-11,13H,8-9H2,1-2H3,(H,17,18). The van der Waals surface area contributed by atoms with Crippen molar-refractivity contribution in [1.82, 2.24) is 5.32 Å². The monoisotopic (exact) mass is 273 g/mol. The number of aryl methyl sites for hydroxylation is 2. The van der Waals surface area contributed by atoms with E-state index in [1.165, 1.54) is 16.9 Å². The summed E-state index contributed by atoms with van der Waals surface area (Å²) >= 11 is 1.50. The minimum Gasteiger partial charge on any atom is -0.349 e. The molecule has 0 radical (unpaired) electrons. The molecule has 1 aromatic carbocycles. The van der Waals surface area contributed by atoms with Gasteiger partial charge in [-0.15, -0.1) is 11.3 Å². The van der Waals surface area contributed by atoms with Crippen LogP contribution in [0, 0.1) is 6.92 Å². The first-order chi connectivity index (χ1) is 9.16. The summed E-state index contributed by atoms with van der Waals surface area (Å²) in [7, 11) is 0. The van der Waals surface area contributed by atoms with E-state index in [4.69, 9.17) is 0 Å². The van der Waals surface area contributed by atoms with Crippen molar-refractivity contribution in [3.05, 3.63) is 57.8 Å². The molecule has 0 bridgehead atoms. The third-order valence-corrected chi connectivity index (χ3v) is 4.17. The fourth-order valence-corrected chi connectivity index (χ4v) is 2.82. The molecule has 0 saturated heterocycles. The molecule has 1 atom stereocenters. The molecule has 0 saturated carbocycles. The summed E-state index contributed by atoms with van der Waals surface area (Å²) < 4.78 is 0. The fraction of sp³-hybridized carbons (Fsp3) is 0.312. The second-order valence-corrected chi connectivity index (χ2v) is 5.75. The molecule has 0 aliphatic heterocycles. The Balaban J connectivity index is 1.83. The smallest absolute Gasteiger partial charge is 0.261 e. The lowest BCUT2D eigenvalue weighted by Gasteiger charge is -2.13. The van der Waals surface area contributed by atoms with E-state index in [-0.39, 0.29) is 11.9 Å². The molecule has 2 rings (SSSR count). The summed E-state index contributed by atoms with van der Waals surface area (Å²) in [6, 6.07) is 12.5. The van der Waals surface area contributed by atoms with E-state index >= 15 is 0 Å². The first kappa shape index (κ1) is 13.8. The Morgan fingerprint density at radius 1 is 1.26 bits per heavy atom. The van der Waals surface area contributed by atoms with E-state index in [0.29, 0.717) is 0 Å². The van der Waals surface area contributed by atoms with Crippen LogP contribution in [0.5, 0.6) is 0 Å². The molecule has 2 nitrogen and oxygen atoms in total. The van der Waals surface area contributed by atoms with Crippen LogP contribution in [-0.4, -0.2) is 11.9 Å². The minimum atomic E-state index is 0.0491. The lowest BCUT2D eigenvalue weighted by atomic mass is 10.1. The van der Waals surface area contributed by atoms with E-state index in [9.17, 15) is 4.79 Å². The van der Waals surface area contributed by atoms with Crippen LogP contribution in [0.15, 0.2) is 41.8 Å². The van der Waals surface area contributed by atoms with Gasteiger partial charge in [0.15, 0.2) is 0 Å². The highest BCUT2D eigenvalue weighted by Gasteiger charge is 2.13. The Kier molecular flexibility index (Phi) is 4.74. The normalized spacial score (nSPS) is 12.1. The summed E-state index contributed by atoms with van der Waals surface area (Å²) in [6.45, 7) is 4.03. The van der Waals surface area contributed by atoms with Gasteiger partial charge in [-0.25, -0.2) is 0 Å². The molecule has 3 heteroatoms. The molecule has 0 fully saturated rings. The van der Waals surface area contributed by atoms with E-state index in [1.807, 2.05) is 36.6 Å². The number of nitrogens with one attached hydrogen (secondary N) is 1. The number of rotatable bonds is 5. The molecular formula is C16H19NOS. The molecule has 19 heavy (non-hydrogen) atoms. The van der Waals surface area contributed by atoms with Crippen molar-refractivity contribution in [3.8, 4) is 0 Å². The van der Waals surface area contributed by atoms with Gasteiger partial charge in [0.05, 0.1) is 4.88 Å². The highest BCUT2D eigenvalue weighted by atomic mass is 32.1. The van der Waals surface area contributed by atoms with Crippen molar-refractivity contribution >= 4 is 17.2 Å². The van der Waals surface area contributed by atoms with Crippen molar-refractivity contribution in [1.29, 1.82) is 0 Å². The van der Waals surface area contributed by atoms with Crippen LogP contribution >= 0.6 is 11.3 Å². The highest BCUT2D eigenvalue weighted by molar-refractivity contribution is 7.12. The van der Waals surface area contributed by atoms with Gasteiger partial charge in [-0.05, 0) is 49.3 Å². The first-order valence-electron chi connectivity index (χ1n) is 6.55. The molecule has 1 amide bonds. The summed E-state index contributed by atoms with van der Waals surface area (Å²) in [4.78, 5) is 12.9. The topological polar surface area (TPSA) is 29.1 Å². The highest BCUT2D eigenvalue weighted by Crippen LogP contribution is 2.15. The third kappa shape index (κ3) is 3.93. The third-order valence-electron chi connectivity index (χ3n) is 3.15. The van der Waals surface area contributed by atoms with E-state index in [2.05, 4.69) is 24.4 Å². The van der Waals surface area contributed by atoms with Crippen LogP contribution in [0.4, 0.5) is 0 Å². The van der Waals surface area contributed by atoms with Gasteiger partial charge in [-0.3, -0.25) is 4.79 Å². The van der Waals surface area contributed by atoms with E-state index < -0.39 is 0 Å². The largest absolute Gasteiger partial charge is 0.349 e. The summed E-state index contributed by atoms with van der Waals surface area (Å²) in [5.41, 5.74) is 2.37. The van der Waals surface area contributed by atoms with Crippen LogP contribution < -0.4 is 5.32 Å². The maximum Gasteiger partial charge on any atom is 0.261 e. The Morgan fingerprint density at radius 2 is 2.00 bits per heavy atom. The van der Waals surface area contributed by atoms with Gasteiger partial charge in [-0.1, -0.05) is 30.3 Å². The van der Waals surface area contributed by atoms with Crippen LogP contribution in [-0.2, 0) is 6.42 Å². The summed E-state index contributed by atoms with van der Waals surface area (Å²) in [5.74, 6) is 0.0491. The predicted octanol–water partition coefficient (Wildman–Crippen LogP) is 3.81. The van der Waals surface area contributed by atoms with Gasteiger partial charge < -0.3 is 5.32 Å². The van der Waals surface area contributed by atoms with Gasteiger partial charge in [-0.2, -0.15) is 0 Å². The zero-order valence-corrected chi connectivity index (χ0v) is 12.2. The Labute approximate surface area is 118 Å². The Morgan fingerprint density at radius 3 is 2.63 bits per heavy atom. The molecule has 0 aliphatic carbocycles. The van der Waals surface area contributed by atoms with Crippen LogP contribution in [0.25, 0.3) is 0 Å². The van der Waals surface area contributed by atoms with Crippen molar-refractivity contribution in [2.75, 3.05) is 0 Å². The predicted molar refractivity (Wildman–Crippen MR) is 80.7 cm³/mol. The average molecular weight is 273 g/mol. The van der Waals surface area contributed by atoms with Gasteiger partial charge in [0.2, 0.25) is 0 Å². The maximum atomic E-state index is 12.0. The Bertz CT molecular complexity index is 533. The molecule has 1 aromatic heterocycles. The summed E-state index contributed by atoms with van der Waals surface area (Å²) in [5, 5.41) is 5.02. The quantitative estimate of drug-likeness (QED) is 0.882. The average Bonchev–Trinajstić information content (AvgIpc) is 2.84. The molecular weight excluding hydrogens is 254 g/mol. The second-order valence-electron chi connectivity index (χ2n) is 4.83. The Hall–Kier alpha value is -1.61. The number of benzene rings is 1. The molecule has 1 unspecified atom stereocenters. The lowest BCUT2D eigenvalue weighted by molar-refractivity contribution is 0.0942. The molecule has 0 aliphatic rings. The number of hydrogen-bond acceptors (Lipinski definition) is 2. The minimum absolute atomic E-state index is 0.0491. The number of carbonyl (C=O) groups is 1. The van der Waals surface area contributed by atoms with Crippen molar-refractivity contribution < 1.29 is 4.79 Å². The van der Waals surface area contributed by atoms with Crippen molar-refractivity contribution in [2.24, 2.45) is 0 Å². The van der Waals surface area contributed by atoms with Crippen LogP contribution in [0.1, 0.15) is 34.1 Å². The van der Waals surface area contributed by atoms with Crippen molar-refractivity contribution in [2.45, 2.75) is 32.7 Å². The number of amides is 1. The zero-order valence-electron chi connectivity index (χ0n) is 11.3.